The molecular formula is C30H37F3INO. The minimum absolute atomic E-state index is 0.0150. The summed E-state index contributed by atoms with van der Waals surface area (Å²) in [4.78, 5) is 5.36. The van der Waals surface area contributed by atoms with E-state index < -0.39 is 17.8 Å². The Kier molecular flexibility index (Phi) is 7.02. The van der Waals surface area contributed by atoms with Gasteiger partial charge in [0.25, 0.3) is 0 Å². The zero-order valence-corrected chi connectivity index (χ0v) is 23.7. The minimum Gasteiger partial charge on any atom is -0.388 e. The molecule has 2 nitrogen and oxygen atoms in total. The normalized spacial score (nSPS) is 24.6. The molecule has 2 saturated carbocycles. The lowest BCUT2D eigenvalue weighted by molar-refractivity contribution is -0.137. The zero-order valence-electron chi connectivity index (χ0n) is 21.5. The third-order valence-corrected chi connectivity index (χ3v) is 10.3. The quantitative estimate of drug-likeness (QED) is 0.276. The molecule has 1 heterocycles. The second kappa shape index (κ2) is 9.55. The highest BCUT2D eigenvalue weighted by molar-refractivity contribution is 14.1. The second-order valence-corrected chi connectivity index (χ2v) is 13.7. The summed E-state index contributed by atoms with van der Waals surface area (Å²) >= 11 is 2.42. The molecular weight excluding hydrogens is 574 g/mol. The third kappa shape index (κ3) is 4.85. The van der Waals surface area contributed by atoms with Gasteiger partial charge in [0.15, 0.2) is 0 Å². The molecule has 0 bridgehead atoms. The molecule has 2 aromatic rings. The maximum absolute atomic E-state index is 13.3. The summed E-state index contributed by atoms with van der Waals surface area (Å²) in [5.74, 6) is 0.378. The van der Waals surface area contributed by atoms with Crippen molar-refractivity contribution in [3.05, 3.63) is 63.5 Å². The van der Waals surface area contributed by atoms with E-state index >= 15 is 0 Å². The average Bonchev–Trinajstić information content (AvgIpc) is 3.49. The van der Waals surface area contributed by atoms with Crippen LogP contribution in [0, 0.1) is 5.41 Å². The summed E-state index contributed by atoms with van der Waals surface area (Å²) in [6, 6.07) is 5.68. The molecule has 0 amide bonds. The Morgan fingerprint density at radius 2 is 1.61 bits per heavy atom. The highest BCUT2D eigenvalue weighted by Gasteiger charge is 2.44. The van der Waals surface area contributed by atoms with Crippen molar-refractivity contribution in [1.29, 1.82) is 0 Å². The third-order valence-electron chi connectivity index (χ3n) is 8.94. The Labute approximate surface area is 226 Å². The van der Waals surface area contributed by atoms with Crippen LogP contribution >= 0.6 is 22.6 Å². The summed E-state index contributed by atoms with van der Waals surface area (Å²) in [6.45, 7) is 6.77. The number of hydrogen-bond acceptors (Lipinski definition) is 2. The number of pyridine rings is 1. The molecule has 0 unspecified atom stereocenters. The van der Waals surface area contributed by atoms with Gasteiger partial charge in [0.2, 0.25) is 0 Å². The Morgan fingerprint density at radius 3 is 2.19 bits per heavy atom. The van der Waals surface area contributed by atoms with Crippen LogP contribution in [0.25, 0.3) is 0 Å². The number of halogens is 4. The van der Waals surface area contributed by atoms with E-state index in [1.54, 1.807) is 12.1 Å². The van der Waals surface area contributed by atoms with E-state index in [0.717, 1.165) is 54.6 Å². The van der Waals surface area contributed by atoms with Crippen molar-refractivity contribution >= 4 is 22.6 Å². The molecule has 196 valence electrons. The Morgan fingerprint density at radius 1 is 1.00 bits per heavy atom. The van der Waals surface area contributed by atoms with E-state index in [1.165, 1.54) is 48.9 Å². The van der Waals surface area contributed by atoms with Crippen LogP contribution in [0.3, 0.4) is 0 Å². The molecule has 1 aromatic carbocycles. The lowest BCUT2D eigenvalue weighted by Gasteiger charge is -2.41. The first-order valence-electron chi connectivity index (χ1n) is 13.5. The molecule has 2 atom stereocenters. The van der Waals surface area contributed by atoms with Gasteiger partial charge in [-0.15, -0.1) is 0 Å². The predicted octanol–water partition coefficient (Wildman–Crippen LogP) is 9.12. The van der Waals surface area contributed by atoms with Gasteiger partial charge < -0.3 is 5.11 Å². The Balaban J connectivity index is 1.75. The van der Waals surface area contributed by atoms with Crippen molar-refractivity contribution in [2.75, 3.05) is 0 Å². The van der Waals surface area contributed by atoms with Crippen molar-refractivity contribution in [3.63, 3.8) is 0 Å². The van der Waals surface area contributed by atoms with Crippen LogP contribution < -0.4 is 0 Å². The van der Waals surface area contributed by atoms with Crippen molar-refractivity contribution in [2.24, 2.45) is 5.41 Å². The largest absolute Gasteiger partial charge is 0.416 e. The van der Waals surface area contributed by atoms with Crippen molar-refractivity contribution in [2.45, 2.75) is 113 Å². The fourth-order valence-electron chi connectivity index (χ4n) is 7.16. The van der Waals surface area contributed by atoms with Gasteiger partial charge in [-0.2, -0.15) is 13.2 Å². The van der Waals surface area contributed by atoms with Crippen LogP contribution in [-0.4, -0.2) is 10.1 Å². The molecule has 1 N–H and O–H groups in total. The monoisotopic (exact) mass is 611 g/mol. The van der Waals surface area contributed by atoms with E-state index in [9.17, 15) is 18.3 Å². The molecule has 2 fully saturated rings. The standard InChI is InChI=1S/C30H37F3INO/c1-28(2)16-21-23(22(36)17-28)25(29(3)14-6-7-15-29)24(27(35-21)19-8-4-5-9-19)26(34)18-10-12-20(13-11-18)30(31,32)33/h10-13,19,22,26,36H,4-9,14-17H2,1-3H3/t22-,26+/m0/s1. The van der Waals surface area contributed by atoms with Crippen molar-refractivity contribution in [1.82, 2.24) is 4.98 Å². The molecule has 3 aliphatic rings. The first-order chi connectivity index (χ1) is 16.9. The molecule has 6 heteroatoms. The number of alkyl halides is 4. The number of benzene rings is 1. The Hall–Kier alpha value is -1.15. The van der Waals surface area contributed by atoms with E-state index in [0.29, 0.717) is 12.3 Å². The molecule has 0 spiro atoms. The maximum Gasteiger partial charge on any atom is 0.416 e. The van der Waals surface area contributed by atoms with Gasteiger partial charge >= 0.3 is 6.18 Å². The van der Waals surface area contributed by atoms with Gasteiger partial charge in [-0.1, -0.05) is 81.2 Å². The SMILES string of the molecule is CC1(C)Cc2nc(C3CCCC3)c([C@H](I)c3ccc(C(F)(F)F)cc3)c(C3(C)CCCC3)c2[C@@H](O)C1. The number of aliphatic hydroxyl groups excluding tert-OH is 1. The average molecular weight is 612 g/mol. The van der Waals surface area contributed by atoms with Gasteiger partial charge in [-0.3, -0.25) is 4.98 Å². The number of aromatic nitrogens is 1. The molecule has 3 aliphatic carbocycles. The highest BCUT2D eigenvalue weighted by Crippen LogP contribution is 2.54. The number of aliphatic hydroxyl groups is 1. The number of hydrogen-bond donors (Lipinski definition) is 1. The molecule has 36 heavy (non-hydrogen) atoms. The van der Waals surface area contributed by atoms with Crippen molar-refractivity contribution in [3.8, 4) is 0 Å². The first-order valence-corrected chi connectivity index (χ1v) is 14.7. The van der Waals surface area contributed by atoms with E-state index in [1.807, 2.05) is 0 Å². The van der Waals surface area contributed by atoms with E-state index in [-0.39, 0.29) is 14.8 Å². The van der Waals surface area contributed by atoms with Crippen LogP contribution in [0.4, 0.5) is 13.2 Å². The minimum atomic E-state index is -4.35. The zero-order chi connectivity index (χ0) is 25.9. The molecule has 0 aliphatic heterocycles. The van der Waals surface area contributed by atoms with Gasteiger partial charge in [-0.05, 0) is 78.2 Å². The fraction of sp³-hybridized carbons (Fsp3) is 0.633. The molecule has 5 rings (SSSR count). The molecule has 0 radical (unpaired) electrons. The van der Waals surface area contributed by atoms with Gasteiger partial charge in [0.1, 0.15) is 0 Å². The summed E-state index contributed by atoms with van der Waals surface area (Å²) in [5.41, 5.74) is 5.89. The van der Waals surface area contributed by atoms with Gasteiger partial charge in [-0.25, -0.2) is 0 Å². The van der Waals surface area contributed by atoms with Crippen LogP contribution in [0.5, 0.6) is 0 Å². The van der Waals surface area contributed by atoms with Gasteiger partial charge in [0.05, 0.1) is 15.6 Å². The Bertz CT molecular complexity index is 1110. The van der Waals surface area contributed by atoms with Crippen molar-refractivity contribution < 1.29 is 18.3 Å². The summed E-state index contributed by atoms with van der Waals surface area (Å²) in [6.07, 6.45) is 5.74. The summed E-state index contributed by atoms with van der Waals surface area (Å²) < 4.78 is 39.7. The molecule has 0 saturated heterocycles. The lowest BCUT2D eigenvalue weighted by Crippen LogP contribution is -2.33. The number of nitrogens with zero attached hydrogens (tertiary/aromatic N) is 1. The second-order valence-electron chi connectivity index (χ2n) is 12.4. The number of rotatable bonds is 4. The van der Waals surface area contributed by atoms with E-state index in [2.05, 4.69) is 43.4 Å². The molecule has 1 aromatic heterocycles. The topological polar surface area (TPSA) is 33.1 Å². The summed E-state index contributed by atoms with van der Waals surface area (Å²) in [7, 11) is 0. The number of fused-ring (bicyclic) bond motifs is 1. The highest BCUT2D eigenvalue weighted by atomic mass is 127. The lowest BCUT2D eigenvalue weighted by atomic mass is 9.67. The first kappa shape index (κ1) is 26.5. The van der Waals surface area contributed by atoms with Crippen LogP contribution in [-0.2, 0) is 18.0 Å². The van der Waals surface area contributed by atoms with E-state index in [4.69, 9.17) is 4.98 Å². The maximum atomic E-state index is 13.3. The fourth-order valence-corrected chi connectivity index (χ4v) is 8.20. The van der Waals surface area contributed by atoms with Crippen LogP contribution in [0.1, 0.15) is 134 Å². The predicted molar refractivity (Wildman–Crippen MR) is 146 cm³/mol. The smallest absolute Gasteiger partial charge is 0.388 e. The van der Waals surface area contributed by atoms with Gasteiger partial charge in [0, 0.05) is 22.9 Å². The summed E-state index contributed by atoms with van der Waals surface area (Å²) in [5, 5.41) is 11.5. The van der Waals surface area contributed by atoms with Crippen LogP contribution in [0.15, 0.2) is 24.3 Å². The van der Waals surface area contributed by atoms with Crippen LogP contribution in [0.2, 0.25) is 0 Å².